The third-order valence-corrected chi connectivity index (χ3v) is 8.22. The van der Waals surface area contributed by atoms with Crippen LogP contribution in [-0.2, 0) is 18.9 Å². The summed E-state index contributed by atoms with van der Waals surface area (Å²) in [6, 6.07) is 0. The third-order valence-electron chi connectivity index (χ3n) is 8.22. The molecular weight excluding hydrogens is 787 g/mol. The second kappa shape index (κ2) is 29.1. The predicted octanol–water partition coefficient (Wildman–Crippen LogP) is 19.1. The molecule has 5 nitrogen and oxygen atoms in total. The molecule has 5 heteroatoms. The van der Waals surface area contributed by atoms with E-state index in [2.05, 4.69) is 275 Å². The van der Waals surface area contributed by atoms with E-state index >= 15 is 0 Å². The molecule has 0 aliphatic carbocycles. The molecule has 0 amide bonds. The van der Waals surface area contributed by atoms with Gasteiger partial charge < -0.3 is 24.3 Å². The molecule has 0 aromatic carbocycles. The van der Waals surface area contributed by atoms with E-state index in [1.165, 1.54) is 6.42 Å². The Labute approximate surface area is 409 Å². The molecule has 2 unspecified atom stereocenters. The molecule has 0 radical (unpaired) electrons. The summed E-state index contributed by atoms with van der Waals surface area (Å²) in [5.74, 6) is 0.569. The highest BCUT2D eigenvalue weighted by Gasteiger charge is 2.32. The highest BCUT2D eigenvalue weighted by atomic mass is 16.5. The van der Waals surface area contributed by atoms with Gasteiger partial charge in [-0.15, -0.1) is 0 Å². The summed E-state index contributed by atoms with van der Waals surface area (Å²) in [5.41, 5.74) is 2.73. The van der Waals surface area contributed by atoms with Gasteiger partial charge in [-0.05, 0) is 167 Å². The molecule has 64 heavy (non-hydrogen) atoms. The summed E-state index contributed by atoms with van der Waals surface area (Å²) in [6.07, 6.45) is 3.06. The molecule has 0 bridgehead atoms. The number of nitrogens with one attached hydrogen (secondary N) is 1. The van der Waals surface area contributed by atoms with E-state index in [9.17, 15) is 0 Å². The lowest BCUT2D eigenvalue weighted by Gasteiger charge is -2.38. The second-order valence-corrected chi connectivity index (χ2v) is 32.2. The van der Waals surface area contributed by atoms with Crippen molar-refractivity contribution in [2.45, 2.75) is 323 Å². The minimum absolute atomic E-state index is 0.00722. The topological polar surface area (TPSA) is 49.0 Å². The van der Waals surface area contributed by atoms with E-state index in [0.717, 1.165) is 26.2 Å². The Morgan fingerprint density at radius 2 is 0.703 bits per heavy atom. The average molecular weight is 919 g/mol. The lowest BCUT2D eigenvalue weighted by atomic mass is 9.78. The Morgan fingerprint density at radius 1 is 0.359 bits per heavy atom. The largest absolute Gasteiger partial charge is 0.376 e. The molecule has 396 valence electrons. The smallest absolute Gasteiger partial charge is 0.0653 e. The third kappa shape index (κ3) is 78.9. The summed E-state index contributed by atoms with van der Waals surface area (Å²) in [5, 5.41) is 3.46. The molecule has 0 aromatic rings. The summed E-state index contributed by atoms with van der Waals surface area (Å²) in [4.78, 5) is 0. The fraction of sp³-hybridized carbons (Fsp3) is 1.00. The van der Waals surface area contributed by atoms with Crippen LogP contribution in [0, 0.1) is 43.8 Å². The monoisotopic (exact) mass is 918 g/mol. The zero-order chi connectivity index (χ0) is 53.8. The van der Waals surface area contributed by atoms with E-state index in [-0.39, 0.29) is 44.2 Å². The van der Waals surface area contributed by atoms with Gasteiger partial charge in [0.15, 0.2) is 0 Å². The van der Waals surface area contributed by atoms with Crippen LogP contribution in [-0.4, -0.2) is 59.9 Å². The van der Waals surface area contributed by atoms with Gasteiger partial charge in [-0.25, -0.2) is 0 Å². The first-order valence-electron chi connectivity index (χ1n) is 25.4. The maximum Gasteiger partial charge on any atom is 0.0653 e. The Hall–Kier alpha value is -0.200. The summed E-state index contributed by atoms with van der Waals surface area (Å²) >= 11 is 0. The Balaban J connectivity index is -0.000000158. The van der Waals surface area contributed by atoms with Crippen molar-refractivity contribution in [3.63, 3.8) is 0 Å². The standard InChI is InChI=1S/C12H26O.2C10H22O.C9H21N.C9H20O.C9H20/c1-9(2)10(11(3,4)5)13-12(6,7)8;1-9(2,3)7-8-11-10(4,5)6;1-8(9(2,3)4)11-10(5,6)7;2*1-8(2,3)7-10-9(4,5)6;1-8(2,3)7-9(4,5)6/h9-10H,1-8H3;7-8H2,1-6H3;8H,1-7H3;10H,7H2,1-6H3;7H2,1-6H3;7H2,1-6H3. The van der Waals surface area contributed by atoms with E-state index in [4.69, 9.17) is 18.9 Å². The molecule has 0 aliphatic rings. The minimum atomic E-state index is -0.0395. The van der Waals surface area contributed by atoms with Crippen molar-refractivity contribution in [3.8, 4) is 0 Å². The summed E-state index contributed by atoms with van der Waals surface area (Å²) < 4.78 is 23.1. The maximum absolute atomic E-state index is 6.06. The van der Waals surface area contributed by atoms with Crippen LogP contribution in [0.2, 0.25) is 0 Å². The molecule has 0 fully saturated rings. The lowest BCUT2D eigenvalue weighted by Crippen LogP contribution is -2.40. The minimum Gasteiger partial charge on any atom is -0.376 e. The van der Waals surface area contributed by atoms with Crippen LogP contribution in [0.4, 0.5) is 0 Å². The Kier molecular flexibility index (Phi) is 34.2. The van der Waals surface area contributed by atoms with Gasteiger partial charge in [-0.3, -0.25) is 0 Å². The molecule has 1 N–H and O–H groups in total. The van der Waals surface area contributed by atoms with Gasteiger partial charge >= 0.3 is 0 Å². The van der Waals surface area contributed by atoms with Gasteiger partial charge in [0.05, 0.1) is 41.2 Å². The molecule has 0 aliphatic heterocycles. The Bertz CT molecular complexity index is 1020. The zero-order valence-electron chi connectivity index (χ0n) is 52.4. The van der Waals surface area contributed by atoms with Crippen LogP contribution in [0.25, 0.3) is 0 Å². The first-order chi connectivity index (χ1) is 27.0. The van der Waals surface area contributed by atoms with Gasteiger partial charge in [0.2, 0.25) is 0 Å². The molecule has 2 atom stereocenters. The van der Waals surface area contributed by atoms with Gasteiger partial charge in [0, 0.05) is 18.7 Å². The van der Waals surface area contributed by atoms with E-state index in [1.807, 2.05) is 0 Å². The molecule has 0 saturated carbocycles. The fourth-order valence-corrected chi connectivity index (χ4v) is 5.62. The second-order valence-electron chi connectivity index (χ2n) is 32.2. The molecule has 0 saturated heterocycles. The van der Waals surface area contributed by atoms with Gasteiger partial charge in [0.25, 0.3) is 0 Å². The van der Waals surface area contributed by atoms with Crippen LogP contribution in [0.3, 0.4) is 0 Å². The number of ether oxygens (including phenoxy) is 4. The fourth-order valence-electron chi connectivity index (χ4n) is 5.62. The number of hydrogen-bond donors (Lipinski definition) is 1. The van der Waals surface area contributed by atoms with E-state index in [1.54, 1.807) is 0 Å². The molecule has 0 heterocycles. The summed E-state index contributed by atoms with van der Waals surface area (Å²) in [7, 11) is 0. The van der Waals surface area contributed by atoms with Crippen molar-refractivity contribution >= 4 is 0 Å². The maximum atomic E-state index is 6.06. The highest BCUT2D eigenvalue weighted by Crippen LogP contribution is 2.33. The van der Waals surface area contributed by atoms with Crippen LogP contribution in [0.5, 0.6) is 0 Å². The first-order valence-corrected chi connectivity index (χ1v) is 25.4. The highest BCUT2D eigenvalue weighted by molar-refractivity contribution is 4.80. The lowest BCUT2D eigenvalue weighted by molar-refractivity contribution is -0.124. The van der Waals surface area contributed by atoms with Gasteiger partial charge in [-0.2, -0.15) is 0 Å². The van der Waals surface area contributed by atoms with Crippen molar-refractivity contribution < 1.29 is 18.9 Å². The van der Waals surface area contributed by atoms with Gasteiger partial charge in [0.1, 0.15) is 0 Å². The average Bonchev–Trinajstić information content (AvgIpc) is 2.88. The normalized spacial score (nSPS) is 14.8. The summed E-state index contributed by atoms with van der Waals surface area (Å²) in [6.45, 7) is 88.1. The van der Waals surface area contributed by atoms with Gasteiger partial charge in [-0.1, -0.05) is 159 Å². The molecule has 0 rings (SSSR count). The first kappa shape index (κ1) is 75.3. The number of hydrogen-bond acceptors (Lipinski definition) is 5. The predicted molar refractivity (Wildman–Crippen MR) is 294 cm³/mol. The molecular formula is C59H131NO4. The van der Waals surface area contributed by atoms with Crippen molar-refractivity contribution in [1.82, 2.24) is 5.32 Å². The molecule has 0 spiro atoms. The SMILES string of the molecule is CC(C)(C)CC(C)(C)C.CC(C)(C)CCOC(C)(C)C.CC(C)(C)CNC(C)(C)C.CC(C)(C)COC(C)(C)C.CC(C)C(OC(C)(C)C)C(C)(C)C.CC(OC(C)(C)C)C(C)(C)C. The number of rotatable bonds is 7. The van der Waals surface area contributed by atoms with Crippen molar-refractivity contribution in [1.29, 1.82) is 0 Å². The van der Waals surface area contributed by atoms with E-state index in [0.29, 0.717) is 39.8 Å². The van der Waals surface area contributed by atoms with E-state index < -0.39 is 0 Å². The van der Waals surface area contributed by atoms with Crippen molar-refractivity contribution in [2.75, 3.05) is 19.8 Å². The van der Waals surface area contributed by atoms with Crippen LogP contribution in [0.15, 0.2) is 0 Å². The zero-order valence-corrected chi connectivity index (χ0v) is 52.4. The van der Waals surface area contributed by atoms with Crippen LogP contribution >= 0.6 is 0 Å². The Morgan fingerprint density at radius 3 is 0.812 bits per heavy atom. The van der Waals surface area contributed by atoms with Crippen molar-refractivity contribution in [3.05, 3.63) is 0 Å². The van der Waals surface area contributed by atoms with Crippen LogP contribution < -0.4 is 5.32 Å². The molecule has 0 aromatic heterocycles. The van der Waals surface area contributed by atoms with Crippen LogP contribution in [0.1, 0.15) is 283 Å². The quantitative estimate of drug-likeness (QED) is 0.276. The van der Waals surface area contributed by atoms with Crippen molar-refractivity contribution in [2.24, 2.45) is 43.8 Å².